The Morgan fingerprint density at radius 3 is 2.06 bits per heavy atom. The van der Waals surface area contributed by atoms with Crippen LogP contribution < -0.4 is 0 Å². The molecule has 0 heteroatoms. The van der Waals surface area contributed by atoms with Crippen molar-refractivity contribution < 1.29 is 0 Å². The fourth-order valence-electron chi connectivity index (χ4n) is 12.7. The van der Waals surface area contributed by atoms with Gasteiger partial charge < -0.3 is 0 Å². The second-order valence-electron chi connectivity index (χ2n) is 16.1. The lowest BCUT2D eigenvalue weighted by Gasteiger charge is -2.73. The molecule has 0 saturated heterocycles. The van der Waals surface area contributed by atoms with Crippen molar-refractivity contribution in [3.8, 4) is 0 Å². The van der Waals surface area contributed by atoms with Gasteiger partial charge in [0.2, 0.25) is 0 Å². The van der Waals surface area contributed by atoms with E-state index < -0.39 is 0 Å². The molecule has 0 bridgehead atoms. The molecule has 0 aromatic heterocycles. The quantitative estimate of drug-likeness (QED) is 0.366. The van der Waals surface area contributed by atoms with Gasteiger partial charge in [0.25, 0.3) is 0 Å². The zero-order chi connectivity index (χ0) is 24.2. The molecule has 0 aromatic rings. The summed E-state index contributed by atoms with van der Waals surface area (Å²) in [5.41, 5.74) is 4.14. The Balaban J connectivity index is 1.52. The molecule has 33 heavy (non-hydrogen) atoms. The summed E-state index contributed by atoms with van der Waals surface area (Å²) >= 11 is 0. The molecule has 0 N–H and O–H groups in total. The average molecular weight is 453 g/mol. The van der Waals surface area contributed by atoms with Crippen LogP contribution >= 0.6 is 0 Å². The van der Waals surface area contributed by atoms with Crippen molar-refractivity contribution in [2.24, 2.45) is 68.5 Å². The van der Waals surface area contributed by atoms with Gasteiger partial charge in [-0.15, -0.1) is 0 Å². The summed E-state index contributed by atoms with van der Waals surface area (Å²) in [5, 5.41) is 0. The third kappa shape index (κ3) is 3.00. The summed E-state index contributed by atoms with van der Waals surface area (Å²) in [6, 6.07) is 0. The first-order chi connectivity index (χ1) is 15.2. The lowest BCUT2D eigenvalue weighted by Crippen LogP contribution is -2.66. The molecular formula is C33H56. The van der Waals surface area contributed by atoms with E-state index in [1.54, 1.807) is 0 Å². The van der Waals surface area contributed by atoms with Crippen LogP contribution in [0.1, 0.15) is 127 Å². The van der Waals surface area contributed by atoms with E-state index in [9.17, 15) is 0 Å². The number of rotatable bonds is 2. The highest BCUT2D eigenvalue weighted by molar-refractivity contribution is 5.21. The second kappa shape index (κ2) is 7.38. The minimum atomic E-state index is 0.488. The monoisotopic (exact) mass is 452 g/mol. The summed E-state index contributed by atoms with van der Waals surface area (Å²) in [6.45, 7) is 28.2. The van der Waals surface area contributed by atoms with Gasteiger partial charge in [-0.05, 0) is 140 Å². The van der Waals surface area contributed by atoms with Gasteiger partial charge in [0.05, 0.1) is 0 Å². The summed E-state index contributed by atoms with van der Waals surface area (Å²) in [4.78, 5) is 0. The van der Waals surface area contributed by atoms with Gasteiger partial charge in [-0.2, -0.15) is 0 Å². The first-order valence-corrected chi connectivity index (χ1v) is 14.9. The van der Waals surface area contributed by atoms with Crippen LogP contribution in [0.4, 0.5) is 0 Å². The van der Waals surface area contributed by atoms with Gasteiger partial charge in [-0.3, -0.25) is 0 Å². The Morgan fingerprint density at radius 1 is 0.727 bits per heavy atom. The predicted molar refractivity (Wildman–Crippen MR) is 143 cm³/mol. The summed E-state index contributed by atoms with van der Waals surface area (Å²) < 4.78 is 0. The van der Waals surface area contributed by atoms with Crippen LogP contribution in [-0.2, 0) is 0 Å². The minimum absolute atomic E-state index is 0.488. The number of hydrogen-bond acceptors (Lipinski definition) is 0. The molecule has 188 valence electrons. The highest BCUT2D eigenvalue weighted by atomic mass is 14.7. The number of hydrogen-bond donors (Lipinski definition) is 0. The second-order valence-corrected chi connectivity index (χ2v) is 16.1. The molecule has 5 saturated carbocycles. The van der Waals surface area contributed by atoms with Crippen molar-refractivity contribution >= 4 is 0 Å². The Kier molecular flexibility index (Phi) is 5.47. The van der Waals surface area contributed by atoms with Crippen LogP contribution in [0.2, 0.25) is 0 Å². The molecule has 0 radical (unpaired) electrons. The van der Waals surface area contributed by atoms with Gasteiger partial charge >= 0.3 is 0 Å². The molecule has 5 aliphatic rings. The van der Waals surface area contributed by atoms with E-state index in [2.05, 4.69) is 68.9 Å². The van der Waals surface area contributed by atoms with Gasteiger partial charge in [0, 0.05) is 0 Å². The molecule has 0 nitrogen and oxygen atoms in total. The average Bonchev–Trinajstić information content (AvgIpc) is 3.05. The van der Waals surface area contributed by atoms with E-state index in [1.807, 2.05) is 0 Å². The fraction of sp³-hybridized carbons (Fsp3) is 0.939. The highest BCUT2D eigenvalue weighted by Gasteiger charge is 2.70. The molecule has 0 aliphatic heterocycles. The van der Waals surface area contributed by atoms with Crippen LogP contribution in [-0.4, -0.2) is 0 Å². The first kappa shape index (κ1) is 24.4. The standard InChI is InChI=1S/C33H56/c1-21(2)23-13-16-30(7)19-20-32(9)25(28(23)30)11-12-27-31(8)17-14-24(22(3)4)29(5,6)26(31)15-18-33(27,32)10/h22-28H,1,11-20H2,2-10H3/t23-,24+,25+,26-,27+,28+,30+,31-,32+,33+/m0/s1. The Bertz CT molecular complexity index is 803. The van der Waals surface area contributed by atoms with E-state index in [0.717, 1.165) is 41.4 Å². The Hall–Kier alpha value is -0.260. The topological polar surface area (TPSA) is 0 Å². The molecule has 0 amide bonds. The molecule has 0 heterocycles. The third-order valence-electron chi connectivity index (χ3n) is 14.4. The third-order valence-corrected chi connectivity index (χ3v) is 14.4. The Morgan fingerprint density at radius 2 is 1.42 bits per heavy atom. The van der Waals surface area contributed by atoms with Crippen molar-refractivity contribution in [1.82, 2.24) is 0 Å². The smallest absolute Gasteiger partial charge is 0.0172 e. The van der Waals surface area contributed by atoms with Crippen LogP contribution in [0.5, 0.6) is 0 Å². The number of allylic oxidation sites excluding steroid dienone is 1. The van der Waals surface area contributed by atoms with Crippen molar-refractivity contribution in [3.05, 3.63) is 12.2 Å². The predicted octanol–water partition coefficient (Wildman–Crippen LogP) is 9.94. The van der Waals surface area contributed by atoms with Crippen molar-refractivity contribution in [3.63, 3.8) is 0 Å². The maximum Gasteiger partial charge on any atom is -0.0172 e. The molecule has 10 atom stereocenters. The van der Waals surface area contributed by atoms with E-state index >= 15 is 0 Å². The lowest BCUT2D eigenvalue weighted by molar-refractivity contribution is -0.243. The normalized spacial score (nSPS) is 55.3. The van der Waals surface area contributed by atoms with Gasteiger partial charge in [0.15, 0.2) is 0 Å². The molecular weight excluding hydrogens is 396 g/mol. The van der Waals surface area contributed by atoms with Crippen LogP contribution in [0.3, 0.4) is 0 Å². The number of fused-ring (bicyclic) bond motifs is 7. The van der Waals surface area contributed by atoms with E-state index in [-0.39, 0.29) is 0 Å². The molecule has 0 unspecified atom stereocenters. The van der Waals surface area contributed by atoms with Gasteiger partial charge in [-0.25, -0.2) is 0 Å². The molecule has 0 spiro atoms. The maximum atomic E-state index is 4.52. The highest BCUT2D eigenvalue weighted by Crippen LogP contribution is 2.77. The minimum Gasteiger partial charge on any atom is -0.0998 e. The first-order valence-electron chi connectivity index (χ1n) is 14.9. The SMILES string of the molecule is C=C(C)[C@@H]1CC[C@]2(C)CC[C@]3(C)[C@H](CC[C@@H]4[C@@]5(C)CC[C@H](C(C)C)C(C)(C)[C@@H]5CC[C@]43C)[C@@H]12. The lowest BCUT2D eigenvalue weighted by atomic mass is 9.31. The van der Waals surface area contributed by atoms with Crippen molar-refractivity contribution in [1.29, 1.82) is 0 Å². The van der Waals surface area contributed by atoms with Crippen LogP contribution in [0.15, 0.2) is 12.2 Å². The summed E-state index contributed by atoms with van der Waals surface area (Å²) in [7, 11) is 0. The Labute approximate surface area is 207 Å². The zero-order valence-electron chi connectivity index (χ0n) is 23.8. The summed E-state index contributed by atoms with van der Waals surface area (Å²) in [6.07, 6.45) is 14.7. The summed E-state index contributed by atoms with van der Waals surface area (Å²) in [5.74, 6) is 6.15. The van der Waals surface area contributed by atoms with Crippen LogP contribution in [0, 0.1) is 68.5 Å². The van der Waals surface area contributed by atoms with E-state index in [4.69, 9.17) is 0 Å². The van der Waals surface area contributed by atoms with Crippen molar-refractivity contribution in [2.45, 2.75) is 127 Å². The zero-order valence-corrected chi connectivity index (χ0v) is 23.8. The van der Waals surface area contributed by atoms with Gasteiger partial charge in [-0.1, -0.05) is 67.5 Å². The molecule has 5 rings (SSSR count). The molecule has 0 aromatic carbocycles. The fourth-order valence-corrected chi connectivity index (χ4v) is 12.7. The van der Waals surface area contributed by atoms with Crippen molar-refractivity contribution in [2.75, 3.05) is 0 Å². The van der Waals surface area contributed by atoms with Crippen LogP contribution in [0.25, 0.3) is 0 Å². The molecule has 5 fully saturated rings. The van der Waals surface area contributed by atoms with E-state index in [1.165, 1.54) is 69.8 Å². The van der Waals surface area contributed by atoms with Gasteiger partial charge in [0.1, 0.15) is 0 Å². The van der Waals surface area contributed by atoms with E-state index in [0.29, 0.717) is 27.1 Å². The largest absolute Gasteiger partial charge is 0.0998 e. The maximum absolute atomic E-state index is 4.52. The molecule has 5 aliphatic carbocycles.